The van der Waals surface area contributed by atoms with Crippen molar-refractivity contribution in [2.45, 2.75) is 31.5 Å². The van der Waals surface area contributed by atoms with Gasteiger partial charge in [0.15, 0.2) is 0 Å². The lowest BCUT2D eigenvalue weighted by Crippen LogP contribution is -2.62. The molecule has 11 nitrogen and oxygen atoms in total. The standard InChI is InChI=1S/C32H41N5O6/c38-29-23-37(27-11-14-35(15-12-27)32(41)26-9-5-2-6-10-26)30(39)24-43-20-19-42-18-13-33-31(40)28-22-34(16-17-36(28)29)21-25-7-3-1-4-8-25/h1-10,27-28H,11-24H2,(H,33,40)/t28-/m0/s1. The van der Waals surface area contributed by atoms with E-state index in [1.165, 1.54) is 0 Å². The van der Waals surface area contributed by atoms with Crippen LogP contribution in [0.4, 0.5) is 0 Å². The lowest BCUT2D eigenvalue weighted by atomic mass is 10.0. The van der Waals surface area contributed by atoms with E-state index < -0.39 is 6.04 Å². The van der Waals surface area contributed by atoms with Crippen molar-refractivity contribution in [1.82, 2.24) is 24.9 Å². The Labute approximate surface area is 252 Å². The molecule has 3 fully saturated rings. The van der Waals surface area contributed by atoms with Gasteiger partial charge in [-0.05, 0) is 30.5 Å². The maximum atomic E-state index is 13.9. The molecule has 3 aliphatic rings. The molecule has 3 saturated heterocycles. The van der Waals surface area contributed by atoms with Gasteiger partial charge in [-0.25, -0.2) is 0 Å². The van der Waals surface area contributed by atoms with E-state index in [0.717, 1.165) is 5.56 Å². The van der Waals surface area contributed by atoms with E-state index in [0.29, 0.717) is 77.4 Å². The Morgan fingerprint density at radius 2 is 1.49 bits per heavy atom. The summed E-state index contributed by atoms with van der Waals surface area (Å²) in [6.45, 7) is 3.88. The maximum absolute atomic E-state index is 13.9. The second-order valence-corrected chi connectivity index (χ2v) is 11.2. The molecule has 0 saturated carbocycles. The quantitative estimate of drug-likeness (QED) is 0.565. The predicted octanol–water partition coefficient (Wildman–Crippen LogP) is 0.996. The molecule has 5 rings (SSSR count). The molecule has 230 valence electrons. The van der Waals surface area contributed by atoms with Crippen molar-refractivity contribution in [3.63, 3.8) is 0 Å². The van der Waals surface area contributed by atoms with Crippen molar-refractivity contribution in [3.05, 3.63) is 71.8 Å². The molecule has 4 amide bonds. The summed E-state index contributed by atoms with van der Waals surface area (Å²) < 4.78 is 11.2. The zero-order chi connectivity index (χ0) is 30.0. The smallest absolute Gasteiger partial charge is 0.253 e. The van der Waals surface area contributed by atoms with Gasteiger partial charge in [-0.15, -0.1) is 0 Å². The zero-order valence-corrected chi connectivity index (χ0v) is 24.6. The van der Waals surface area contributed by atoms with Crippen molar-refractivity contribution in [2.75, 3.05) is 72.2 Å². The summed E-state index contributed by atoms with van der Waals surface area (Å²) in [6, 6.07) is 18.3. The van der Waals surface area contributed by atoms with Crippen LogP contribution in [-0.2, 0) is 30.4 Å². The average molecular weight is 592 g/mol. The van der Waals surface area contributed by atoms with Crippen LogP contribution in [0.1, 0.15) is 28.8 Å². The third-order valence-corrected chi connectivity index (χ3v) is 8.32. The highest BCUT2D eigenvalue weighted by molar-refractivity contribution is 5.94. The first-order valence-electron chi connectivity index (χ1n) is 15.1. The fourth-order valence-electron chi connectivity index (χ4n) is 5.98. The molecule has 2 aromatic rings. The van der Waals surface area contributed by atoms with Gasteiger partial charge in [-0.1, -0.05) is 48.5 Å². The summed E-state index contributed by atoms with van der Waals surface area (Å²) in [4.78, 5) is 60.8. The molecule has 0 unspecified atom stereocenters. The number of nitrogens with zero attached hydrogens (tertiary/aromatic N) is 4. The fourth-order valence-corrected chi connectivity index (χ4v) is 5.98. The molecule has 0 spiro atoms. The van der Waals surface area contributed by atoms with E-state index in [4.69, 9.17) is 9.47 Å². The number of fused-ring (bicyclic) bond motifs is 1. The number of carbonyl (C=O) groups excluding carboxylic acids is 4. The van der Waals surface area contributed by atoms with Crippen LogP contribution in [0.5, 0.6) is 0 Å². The minimum absolute atomic E-state index is 0.0379. The maximum Gasteiger partial charge on any atom is 0.253 e. The summed E-state index contributed by atoms with van der Waals surface area (Å²) >= 11 is 0. The largest absolute Gasteiger partial charge is 0.377 e. The minimum Gasteiger partial charge on any atom is -0.377 e. The van der Waals surface area contributed by atoms with E-state index in [9.17, 15) is 19.2 Å². The average Bonchev–Trinajstić information content (AvgIpc) is 3.05. The molecule has 3 aliphatic heterocycles. The summed E-state index contributed by atoms with van der Waals surface area (Å²) in [7, 11) is 0. The van der Waals surface area contributed by atoms with Crippen LogP contribution in [-0.4, -0.2) is 128 Å². The predicted molar refractivity (Wildman–Crippen MR) is 159 cm³/mol. The third-order valence-electron chi connectivity index (χ3n) is 8.32. The second kappa shape index (κ2) is 15.1. The topological polar surface area (TPSA) is 112 Å². The molecule has 2 aromatic carbocycles. The number of benzene rings is 2. The molecule has 11 heteroatoms. The first-order chi connectivity index (χ1) is 21.0. The summed E-state index contributed by atoms with van der Waals surface area (Å²) in [5.41, 5.74) is 1.77. The van der Waals surface area contributed by atoms with Gasteiger partial charge < -0.3 is 29.5 Å². The van der Waals surface area contributed by atoms with Gasteiger partial charge in [0.1, 0.15) is 19.2 Å². The Bertz CT molecular complexity index is 1240. The highest BCUT2D eigenvalue weighted by Gasteiger charge is 2.38. The first kappa shape index (κ1) is 30.7. The molecule has 0 radical (unpaired) electrons. The van der Waals surface area contributed by atoms with Gasteiger partial charge in [-0.3, -0.25) is 24.1 Å². The number of ether oxygens (including phenoxy) is 2. The van der Waals surface area contributed by atoms with E-state index in [1.807, 2.05) is 36.4 Å². The van der Waals surface area contributed by atoms with Crippen LogP contribution in [0.25, 0.3) is 0 Å². The molecule has 0 aromatic heterocycles. The van der Waals surface area contributed by atoms with Gasteiger partial charge in [0.2, 0.25) is 17.7 Å². The Morgan fingerprint density at radius 1 is 0.791 bits per heavy atom. The van der Waals surface area contributed by atoms with Gasteiger partial charge in [0, 0.05) is 57.4 Å². The number of rotatable bonds is 4. The molecular weight excluding hydrogens is 550 g/mol. The second-order valence-electron chi connectivity index (χ2n) is 11.2. The highest BCUT2D eigenvalue weighted by Crippen LogP contribution is 2.21. The number of likely N-dealkylation sites (tertiary alicyclic amines) is 1. The molecule has 1 N–H and O–H groups in total. The minimum atomic E-state index is -0.686. The van der Waals surface area contributed by atoms with Crippen LogP contribution >= 0.6 is 0 Å². The van der Waals surface area contributed by atoms with Crippen molar-refractivity contribution in [1.29, 1.82) is 0 Å². The van der Waals surface area contributed by atoms with E-state index >= 15 is 0 Å². The molecule has 0 bridgehead atoms. The number of hydrogen-bond acceptors (Lipinski definition) is 7. The summed E-state index contributed by atoms with van der Waals surface area (Å²) in [5.74, 6) is -0.808. The monoisotopic (exact) mass is 591 g/mol. The Hall–Kier alpha value is -3.80. The van der Waals surface area contributed by atoms with Crippen LogP contribution in [0.2, 0.25) is 0 Å². The number of carbonyl (C=O) groups is 4. The number of nitrogens with one attached hydrogen (secondary N) is 1. The Morgan fingerprint density at radius 3 is 2.23 bits per heavy atom. The van der Waals surface area contributed by atoms with Crippen molar-refractivity contribution < 1.29 is 28.7 Å². The Kier molecular flexibility index (Phi) is 10.8. The fraction of sp³-hybridized carbons (Fsp3) is 0.500. The molecular formula is C32H41N5O6. The highest BCUT2D eigenvalue weighted by atomic mass is 16.5. The van der Waals surface area contributed by atoms with Crippen LogP contribution in [0.15, 0.2) is 60.7 Å². The number of hydrogen-bond donors (Lipinski definition) is 1. The third kappa shape index (κ3) is 8.19. The van der Waals surface area contributed by atoms with Gasteiger partial charge in [-0.2, -0.15) is 0 Å². The first-order valence-corrected chi connectivity index (χ1v) is 15.1. The Balaban J connectivity index is 1.29. The summed E-state index contributed by atoms with van der Waals surface area (Å²) in [5, 5.41) is 2.93. The van der Waals surface area contributed by atoms with Crippen LogP contribution in [0.3, 0.4) is 0 Å². The molecule has 0 aliphatic carbocycles. The SMILES string of the molecule is O=C1NCCOCCOCC(=O)N(C2CCN(C(=O)c3ccccc3)CC2)CC(=O)N2CCN(Cc3ccccc3)C[C@@H]12. The van der Waals surface area contributed by atoms with Gasteiger partial charge in [0.05, 0.1) is 19.8 Å². The van der Waals surface area contributed by atoms with Crippen molar-refractivity contribution in [3.8, 4) is 0 Å². The normalized spacial score (nSPS) is 22.4. The number of piperidine rings is 1. The van der Waals surface area contributed by atoms with Crippen LogP contribution < -0.4 is 5.32 Å². The molecule has 43 heavy (non-hydrogen) atoms. The lowest BCUT2D eigenvalue weighted by molar-refractivity contribution is -0.151. The van der Waals surface area contributed by atoms with E-state index in [2.05, 4.69) is 22.3 Å². The number of amides is 4. The van der Waals surface area contributed by atoms with Gasteiger partial charge >= 0.3 is 0 Å². The molecule has 1 atom stereocenters. The van der Waals surface area contributed by atoms with E-state index in [-0.39, 0.29) is 49.4 Å². The van der Waals surface area contributed by atoms with Crippen molar-refractivity contribution >= 4 is 23.6 Å². The van der Waals surface area contributed by atoms with Crippen molar-refractivity contribution in [2.24, 2.45) is 0 Å². The van der Waals surface area contributed by atoms with E-state index in [1.54, 1.807) is 26.8 Å². The van der Waals surface area contributed by atoms with Gasteiger partial charge in [0.25, 0.3) is 5.91 Å². The summed E-state index contributed by atoms with van der Waals surface area (Å²) in [6.07, 6.45) is 1.10. The number of piperazine rings is 1. The zero-order valence-electron chi connectivity index (χ0n) is 24.6. The lowest BCUT2D eigenvalue weighted by Gasteiger charge is -2.43. The molecule has 3 heterocycles. The van der Waals surface area contributed by atoms with Crippen LogP contribution in [0, 0.1) is 0 Å².